The Bertz CT molecular complexity index is 749. The Morgan fingerprint density at radius 3 is 2.64 bits per heavy atom. The second-order valence-electron chi connectivity index (χ2n) is 6.42. The van der Waals surface area contributed by atoms with Crippen molar-refractivity contribution in [3.8, 4) is 11.5 Å². The molecule has 8 heteroatoms. The predicted molar refractivity (Wildman–Crippen MR) is 89.2 cm³/mol. The number of ether oxygens (including phenoxy) is 1. The van der Waals surface area contributed by atoms with Gasteiger partial charge in [-0.1, -0.05) is 38.1 Å². The van der Waals surface area contributed by atoms with Crippen LogP contribution in [-0.2, 0) is 14.9 Å². The van der Waals surface area contributed by atoms with Crippen molar-refractivity contribution >= 4 is 11.9 Å². The van der Waals surface area contributed by atoms with Crippen molar-refractivity contribution in [3.05, 3.63) is 35.7 Å². The van der Waals surface area contributed by atoms with Crippen molar-refractivity contribution < 1.29 is 24.0 Å². The number of hydrogen-bond donors (Lipinski definition) is 2. The maximum absolute atomic E-state index is 12.4. The molecular weight excluding hydrogens is 326 g/mol. The number of hydrogen-bond acceptors (Lipinski definition) is 6. The van der Waals surface area contributed by atoms with Crippen LogP contribution in [0, 0.1) is 0 Å². The van der Waals surface area contributed by atoms with Crippen LogP contribution in [0.25, 0.3) is 11.5 Å². The Morgan fingerprint density at radius 2 is 2.00 bits per heavy atom. The number of carboxylic acids is 1. The topological polar surface area (TPSA) is 115 Å². The lowest BCUT2D eigenvalue weighted by molar-refractivity contribution is -0.142. The molecule has 0 unspecified atom stereocenters. The minimum absolute atomic E-state index is 0.106. The maximum atomic E-state index is 12.4. The number of amides is 1. The van der Waals surface area contributed by atoms with Crippen LogP contribution in [-0.4, -0.2) is 46.9 Å². The molecule has 8 nitrogen and oxygen atoms in total. The van der Waals surface area contributed by atoms with E-state index in [0.29, 0.717) is 17.0 Å². The molecule has 2 rings (SSSR count). The van der Waals surface area contributed by atoms with Gasteiger partial charge in [-0.25, -0.2) is 4.79 Å². The zero-order valence-corrected chi connectivity index (χ0v) is 14.4. The standard InChI is InChI=1S/C17H21N3O5/c1-17(2,3)16-19-15(25-20-16)12-7-5-4-6-11(12)14(23)18-8-9-24-10-13(21)22/h4-7H,8-10H2,1-3H3,(H,18,23)(H,21,22). The summed E-state index contributed by atoms with van der Waals surface area (Å²) in [4.78, 5) is 27.1. The van der Waals surface area contributed by atoms with Gasteiger partial charge in [0, 0.05) is 12.0 Å². The number of carbonyl (C=O) groups excluding carboxylic acids is 1. The third-order valence-electron chi connectivity index (χ3n) is 3.26. The van der Waals surface area contributed by atoms with Gasteiger partial charge in [-0.2, -0.15) is 4.98 Å². The lowest BCUT2D eigenvalue weighted by Crippen LogP contribution is -2.28. The number of aliphatic carboxylic acids is 1. The van der Waals surface area contributed by atoms with E-state index in [9.17, 15) is 9.59 Å². The van der Waals surface area contributed by atoms with Gasteiger partial charge in [0.2, 0.25) is 0 Å². The van der Waals surface area contributed by atoms with Gasteiger partial charge in [0.05, 0.1) is 17.7 Å². The number of carboxylic acid groups (broad SMARTS) is 1. The maximum Gasteiger partial charge on any atom is 0.329 e. The molecule has 25 heavy (non-hydrogen) atoms. The summed E-state index contributed by atoms with van der Waals surface area (Å²) < 4.78 is 10.2. The first kappa shape index (κ1) is 18.6. The number of carbonyl (C=O) groups is 2. The van der Waals surface area contributed by atoms with Crippen LogP contribution in [0.3, 0.4) is 0 Å². The van der Waals surface area contributed by atoms with E-state index in [4.69, 9.17) is 14.4 Å². The molecule has 0 radical (unpaired) electrons. The quantitative estimate of drug-likeness (QED) is 0.735. The molecule has 0 aliphatic rings. The molecule has 134 valence electrons. The van der Waals surface area contributed by atoms with E-state index in [2.05, 4.69) is 15.5 Å². The highest BCUT2D eigenvalue weighted by molar-refractivity contribution is 5.99. The van der Waals surface area contributed by atoms with Crippen LogP contribution in [0.1, 0.15) is 37.0 Å². The van der Waals surface area contributed by atoms with Crippen LogP contribution in [0.15, 0.2) is 28.8 Å². The highest BCUT2D eigenvalue weighted by Gasteiger charge is 2.23. The first-order valence-corrected chi connectivity index (χ1v) is 7.80. The molecule has 0 aliphatic heterocycles. The number of rotatable bonds is 7. The summed E-state index contributed by atoms with van der Waals surface area (Å²) >= 11 is 0. The van der Waals surface area contributed by atoms with E-state index in [1.165, 1.54) is 0 Å². The smallest absolute Gasteiger partial charge is 0.329 e. The highest BCUT2D eigenvalue weighted by atomic mass is 16.5. The Balaban J connectivity index is 2.08. The van der Waals surface area contributed by atoms with Gasteiger partial charge in [-0.3, -0.25) is 4.79 Å². The van der Waals surface area contributed by atoms with E-state index in [1.807, 2.05) is 20.8 Å². The van der Waals surface area contributed by atoms with Crippen LogP contribution in [0.2, 0.25) is 0 Å². The number of nitrogens with one attached hydrogen (secondary N) is 1. The summed E-state index contributed by atoms with van der Waals surface area (Å²) in [5, 5.41) is 15.1. The third kappa shape index (κ3) is 5.12. The second kappa shape index (κ2) is 7.89. The first-order chi connectivity index (χ1) is 11.8. The van der Waals surface area contributed by atoms with Crippen molar-refractivity contribution in [1.82, 2.24) is 15.5 Å². The molecule has 0 saturated carbocycles. The average Bonchev–Trinajstić information content (AvgIpc) is 3.04. The predicted octanol–water partition coefficient (Wildman–Crippen LogP) is 1.87. The average molecular weight is 347 g/mol. The summed E-state index contributed by atoms with van der Waals surface area (Å²) in [5.41, 5.74) is 0.666. The molecule has 1 heterocycles. The van der Waals surface area contributed by atoms with Gasteiger partial charge in [-0.05, 0) is 12.1 Å². The monoisotopic (exact) mass is 347 g/mol. The van der Waals surface area contributed by atoms with Gasteiger partial charge < -0.3 is 19.7 Å². The molecular formula is C17H21N3O5. The Kier molecular flexibility index (Phi) is 5.87. The molecule has 0 saturated heterocycles. The van der Waals surface area contributed by atoms with Crippen LogP contribution in [0.4, 0.5) is 0 Å². The summed E-state index contributed by atoms with van der Waals surface area (Å²) in [7, 11) is 0. The van der Waals surface area contributed by atoms with E-state index in [1.54, 1.807) is 24.3 Å². The molecule has 1 aromatic carbocycles. The van der Waals surface area contributed by atoms with Gasteiger partial charge in [0.1, 0.15) is 6.61 Å². The summed E-state index contributed by atoms with van der Waals surface area (Å²) in [6.07, 6.45) is 0. The summed E-state index contributed by atoms with van der Waals surface area (Å²) in [5.74, 6) is -0.551. The van der Waals surface area contributed by atoms with Crippen molar-refractivity contribution in [1.29, 1.82) is 0 Å². The molecule has 2 N–H and O–H groups in total. The van der Waals surface area contributed by atoms with E-state index >= 15 is 0 Å². The number of benzene rings is 1. The highest BCUT2D eigenvalue weighted by Crippen LogP contribution is 2.26. The van der Waals surface area contributed by atoms with Crippen LogP contribution in [0.5, 0.6) is 0 Å². The van der Waals surface area contributed by atoms with Gasteiger partial charge in [0.25, 0.3) is 11.8 Å². The van der Waals surface area contributed by atoms with Crippen molar-refractivity contribution in [2.45, 2.75) is 26.2 Å². The van der Waals surface area contributed by atoms with Gasteiger partial charge in [0.15, 0.2) is 5.82 Å². The first-order valence-electron chi connectivity index (χ1n) is 7.80. The van der Waals surface area contributed by atoms with Crippen molar-refractivity contribution in [2.24, 2.45) is 0 Å². The lowest BCUT2D eigenvalue weighted by atomic mass is 9.96. The lowest BCUT2D eigenvalue weighted by Gasteiger charge is -2.11. The van der Waals surface area contributed by atoms with Crippen LogP contribution >= 0.6 is 0 Å². The molecule has 1 aromatic heterocycles. The second-order valence-corrected chi connectivity index (χ2v) is 6.42. The summed E-state index contributed by atoms with van der Waals surface area (Å²) in [6.45, 7) is 5.81. The van der Waals surface area contributed by atoms with Crippen molar-refractivity contribution in [3.63, 3.8) is 0 Å². The number of nitrogens with zero attached hydrogens (tertiary/aromatic N) is 2. The Labute approximate surface area is 145 Å². The fourth-order valence-corrected chi connectivity index (χ4v) is 2.00. The molecule has 1 amide bonds. The van der Waals surface area contributed by atoms with E-state index in [0.717, 1.165) is 0 Å². The fraction of sp³-hybridized carbons (Fsp3) is 0.412. The molecule has 0 bridgehead atoms. The van der Waals surface area contributed by atoms with Crippen LogP contribution < -0.4 is 5.32 Å². The normalized spacial score (nSPS) is 11.3. The fourth-order valence-electron chi connectivity index (χ4n) is 2.00. The molecule has 0 atom stereocenters. The Morgan fingerprint density at radius 1 is 1.28 bits per heavy atom. The van der Waals surface area contributed by atoms with E-state index in [-0.39, 0.29) is 30.4 Å². The number of aromatic nitrogens is 2. The largest absolute Gasteiger partial charge is 0.480 e. The van der Waals surface area contributed by atoms with Gasteiger partial charge >= 0.3 is 5.97 Å². The van der Waals surface area contributed by atoms with Gasteiger partial charge in [-0.15, -0.1) is 0 Å². The molecule has 0 fully saturated rings. The van der Waals surface area contributed by atoms with Crippen molar-refractivity contribution in [2.75, 3.05) is 19.8 Å². The zero-order chi connectivity index (χ0) is 18.4. The zero-order valence-electron chi connectivity index (χ0n) is 14.4. The van der Waals surface area contributed by atoms with E-state index < -0.39 is 12.6 Å². The summed E-state index contributed by atoms with van der Waals surface area (Å²) in [6, 6.07) is 6.91. The minimum atomic E-state index is -1.05. The third-order valence-corrected chi connectivity index (χ3v) is 3.26. The SMILES string of the molecule is CC(C)(C)c1noc(-c2ccccc2C(=O)NCCOCC(=O)O)n1. The Hall–Kier alpha value is -2.74. The minimum Gasteiger partial charge on any atom is -0.480 e. The molecule has 2 aromatic rings. The molecule has 0 spiro atoms. The molecule has 0 aliphatic carbocycles.